The molecule has 2 heterocycles. The summed E-state index contributed by atoms with van der Waals surface area (Å²) >= 11 is 0. The second-order valence-corrected chi connectivity index (χ2v) is 4.31. The summed E-state index contributed by atoms with van der Waals surface area (Å²) in [5, 5.41) is 0. The zero-order valence-electron chi connectivity index (χ0n) is 10.3. The topological polar surface area (TPSA) is 43.3 Å². The largest absolute Gasteiger partial charge is 0.399 e. The number of pyridine rings is 1. The van der Waals surface area contributed by atoms with Gasteiger partial charge in [0.25, 0.3) is 0 Å². The molecule has 2 aromatic heterocycles. The Balaban J connectivity index is 2.28. The Kier molecular flexibility index (Phi) is 2.52. The van der Waals surface area contributed by atoms with Crippen molar-refractivity contribution in [3.63, 3.8) is 0 Å². The Hall–Kier alpha value is -2.29. The van der Waals surface area contributed by atoms with Crippen molar-refractivity contribution in [3.8, 4) is 11.3 Å². The van der Waals surface area contributed by atoms with Crippen molar-refractivity contribution in [2.45, 2.75) is 13.3 Å². The van der Waals surface area contributed by atoms with E-state index in [1.807, 2.05) is 36.4 Å². The lowest BCUT2D eigenvalue weighted by atomic mass is 10.1. The molecule has 90 valence electrons. The molecule has 0 spiro atoms. The van der Waals surface area contributed by atoms with E-state index in [1.165, 1.54) is 5.69 Å². The standard InChI is InChI=1S/C15H15N3/c1-2-13-15(11-6-5-7-12(16)10-11)17-14-8-3-4-9-18(13)14/h3-10H,2,16H2,1H3. The molecule has 0 amide bonds. The first-order chi connectivity index (χ1) is 8.79. The van der Waals surface area contributed by atoms with Crippen LogP contribution in [0.3, 0.4) is 0 Å². The maximum absolute atomic E-state index is 5.85. The van der Waals surface area contributed by atoms with Gasteiger partial charge in [0.15, 0.2) is 0 Å². The summed E-state index contributed by atoms with van der Waals surface area (Å²) in [5.41, 5.74) is 10.9. The van der Waals surface area contributed by atoms with E-state index in [9.17, 15) is 0 Å². The smallest absolute Gasteiger partial charge is 0.137 e. The maximum Gasteiger partial charge on any atom is 0.137 e. The average Bonchev–Trinajstić information content (AvgIpc) is 2.77. The molecule has 3 heteroatoms. The van der Waals surface area contributed by atoms with Gasteiger partial charge >= 0.3 is 0 Å². The van der Waals surface area contributed by atoms with Gasteiger partial charge in [-0.3, -0.25) is 0 Å². The molecule has 2 N–H and O–H groups in total. The van der Waals surface area contributed by atoms with Gasteiger partial charge in [-0.15, -0.1) is 0 Å². The number of benzene rings is 1. The van der Waals surface area contributed by atoms with Crippen LogP contribution in [0, 0.1) is 0 Å². The lowest BCUT2D eigenvalue weighted by molar-refractivity contribution is 0.998. The van der Waals surface area contributed by atoms with Crippen molar-refractivity contribution in [1.82, 2.24) is 9.38 Å². The van der Waals surface area contributed by atoms with Crippen molar-refractivity contribution in [3.05, 3.63) is 54.4 Å². The molecule has 18 heavy (non-hydrogen) atoms. The van der Waals surface area contributed by atoms with Crippen LogP contribution in [0.15, 0.2) is 48.7 Å². The maximum atomic E-state index is 5.85. The lowest BCUT2D eigenvalue weighted by Crippen LogP contribution is -1.92. The molecule has 1 aromatic carbocycles. The molecule has 3 aromatic rings. The van der Waals surface area contributed by atoms with Crippen LogP contribution in [0.1, 0.15) is 12.6 Å². The molecule has 0 saturated heterocycles. The monoisotopic (exact) mass is 237 g/mol. The normalized spacial score (nSPS) is 10.9. The van der Waals surface area contributed by atoms with E-state index in [-0.39, 0.29) is 0 Å². The van der Waals surface area contributed by atoms with Gasteiger partial charge in [-0.05, 0) is 30.7 Å². The zero-order valence-corrected chi connectivity index (χ0v) is 10.3. The highest BCUT2D eigenvalue weighted by atomic mass is 15.0. The van der Waals surface area contributed by atoms with E-state index >= 15 is 0 Å². The highest BCUT2D eigenvalue weighted by Gasteiger charge is 2.11. The van der Waals surface area contributed by atoms with Crippen molar-refractivity contribution in [2.75, 3.05) is 5.73 Å². The number of fused-ring (bicyclic) bond motifs is 1. The number of hydrogen-bond donors (Lipinski definition) is 1. The predicted octanol–water partition coefficient (Wildman–Crippen LogP) is 3.15. The molecule has 3 rings (SSSR count). The first kappa shape index (κ1) is 10.8. The number of nitrogens with zero attached hydrogens (tertiary/aromatic N) is 2. The molecule has 0 aliphatic carbocycles. The van der Waals surface area contributed by atoms with Crippen LogP contribution in [-0.4, -0.2) is 9.38 Å². The fourth-order valence-electron chi connectivity index (χ4n) is 2.30. The number of nitrogen functional groups attached to an aromatic ring is 1. The Morgan fingerprint density at radius 2 is 2.06 bits per heavy atom. The molecular formula is C15H15N3. The van der Waals surface area contributed by atoms with Crippen LogP contribution in [0.25, 0.3) is 16.9 Å². The third-order valence-electron chi connectivity index (χ3n) is 3.12. The quantitative estimate of drug-likeness (QED) is 0.696. The molecule has 0 radical (unpaired) electrons. The third-order valence-corrected chi connectivity index (χ3v) is 3.12. The van der Waals surface area contributed by atoms with Gasteiger partial charge in [-0.25, -0.2) is 4.98 Å². The SMILES string of the molecule is CCc1c(-c2cccc(N)c2)nc2ccccn12. The lowest BCUT2D eigenvalue weighted by Gasteiger charge is -2.03. The summed E-state index contributed by atoms with van der Waals surface area (Å²) < 4.78 is 2.14. The fraction of sp³-hybridized carbons (Fsp3) is 0.133. The van der Waals surface area contributed by atoms with Crippen molar-refractivity contribution in [1.29, 1.82) is 0 Å². The second-order valence-electron chi connectivity index (χ2n) is 4.31. The fourth-order valence-corrected chi connectivity index (χ4v) is 2.30. The van der Waals surface area contributed by atoms with E-state index in [2.05, 4.69) is 23.6 Å². The zero-order chi connectivity index (χ0) is 12.5. The van der Waals surface area contributed by atoms with E-state index < -0.39 is 0 Å². The molecule has 3 nitrogen and oxygen atoms in total. The second kappa shape index (κ2) is 4.18. The highest BCUT2D eigenvalue weighted by molar-refractivity contribution is 5.69. The first-order valence-corrected chi connectivity index (χ1v) is 6.11. The Bertz CT molecular complexity index is 698. The molecule has 0 atom stereocenters. The molecular weight excluding hydrogens is 222 g/mol. The van der Waals surface area contributed by atoms with Crippen LogP contribution < -0.4 is 5.73 Å². The Labute approximate surface area is 106 Å². The van der Waals surface area contributed by atoms with Gasteiger partial charge in [0, 0.05) is 17.4 Å². The minimum Gasteiger partial charge on any atom is -0.399 e. The van der Waals surface area contributed by atoms with Crippen LogP contribution in [-0.2, 0) is 6.42 Å². The Morgan fingerprint density at radius 1 is 1.17 bits per heavy atom. The molecule has 0 bridgehead atoms. The number of nitrogens with two attached hydrogens (primary N) is 1. The van der Waals surface area contributed by atoms with Crippen LogP contribution in [0.2, 0.25) is 0 Å². The summed E-state index contributed by atoms with van der Waals surface area (Å²) in [7, 11) is 0. The van der Waals surface area contributed by atoms with Crippen LogP contribution >= 0.6 is 0 Å². The van der Waals surface area contributed by atoms with Gasteiger partial charge in [-0.2, -0.15) is 0 Å². The molecule has 0 saturated carbocycles. The third kappa shape index (κ3) is 1.64. The van der Waals surface area contributed by atoms with Gasteiger partial charge in [0.1, 0.15) is 5.65 Å². The van der Waals surface area contributed by atoms with Gasteiger partial charge < -0.3 is 10.1 Å². The minimum atomic E-state index is 0.770. The molecule has 0 aliphatic heterocycles. The number of aryl methyl sites for hydroxylation is 1. The summed E-state index contributed by atoms with van der Waals surface area (Å²) in [6.45, 7) is 2.15. The number of imidazole rings is 1. The van der Waals surface area contributed by atoms with Crippen molar-refractivity contribution < 1.29 is 0 Å². The number of anilines is 1. The Morgan fingerprint density at radius 3 is 2.83 bits per heavy atom. The number of aromatic nitrogens is 2. The minimum absolute atomic E-state index is 0.770. The van der Waals surface area contributed by atoms with E-state index in [0.29, 0.717) is 0 Å². The summed E-state index contributed by atoms with van der Waals surface area (Å²) in [6, 6.07) is 13.9. The van der Waals surface area contributed by atoms with Gasteiger partial charge in [0.2, 0.25) is 0 Å². The van der Waals surface area contributed by atoms with Gasteiger partial charge in [0.05, 0.1) is 11.4 Å². The average molecular weight is 237 g/mol. The van der Waals surface area contributed by atoms with E-state index in [4.69, 9.17) is 10.7 Å². The predicted molar refractivity (Wildman–Crippen MR) is 74.4 cm³/mol. The summed E-state index contributed by atoms with van der Waals surface area (Å²) in [4.78, 5) is 4.70. The van der Waals surface area contributed by atoms with E-state index in [0.717, 1.165) is 29.0 Å². The summed E-state index contributed by atoms with van der Waals surface area (Å²) in [6.07, 6.45) is 2.99. The summed E-state index contributed by atoms with van der Waals surface area (Å²) in [5.74, 6) is 0. The molecule has 0 aliphatic rings. The molecule has 0 unspecified atom stereocenters. The number of rotatable bonds is 2. The van der Waals surface area contributed by atoms with Crippen LogP contribution in [0.4, 0.5) is 5.69 Å². The van der Waals surface area contributed by atoms with Crippen LogP contribution in [0.5, 0.6) is 0 Å². The molecule has 0 fully saturated rings. The number of hydrogen-bond acceptors (Lipinski definition) is 2. The highest BCUT2D eigenvalue weighted by Crippen LogP contribution is 2.26. The van der Waals surface area contributed by atoms with Gasteiger partial charge in [-0.1, -0.05) is 25.1 Å². The van der Waals surface area contributed by atoms with Crippen molar-refractivity contribution >= 4 is 11.3 Å². The van der Waals surface area contributed by atoms with E-state index in [1.54, 1.807) is 0 Å². The first-order valence-electron chi connectivity index (χ1n) is 6.11. The van der Waals surface area contributed by atoms with Crippen molar-refractivity contribution in [2.24, 2.45) is 0 Å².